The van der Waals surface area contributed by atoms with Gasteiger partial charge in [0.2, 0.25) is 5.91 Å². The summed E-state index contributed by atoms with van der Waals surface area (Å²) in [5, 5.41) is 93.5. The van der Waals surface area contributed by atoms with E-state index >= 15 is 0 Å². The number of nitrogens with one attached hydrogen (secondary N) is 1. The Morgan fingerprint density at radius 1 is 0.722 bits per heavy atom. The Hall–Kier alpha value is -1.09. The second-order valence-corrected chi connectivity index (χ2v) is 9.05. The third-order valence-electron chi connectivity index (χ3n) is 6.45. The maximum Gasteiger partial charge on any atom is 0.217 e. The van der Waals surface area contributed by atoms with Crippen LogP contribution in [0.15, 0.2) is 0 Å². The lowest BCUT2D eigenvalue weighted by Gasteiger charge is -2.49. The van der Waals surface area contributed by atoms with Gasteiger partial charge in [0, 0.05) is 6.92 Å². The first-order valence-corrected chi connectivity index (χ1v) is 11.4. The van der Waals surface area contributed by atoms with Crippen molar-refractivity contribution in [3.8, 4) is 0 Å². The molecule has 0 unspecified atom stereocenters. The smallest absolute Gasteiger partial charge is 0.217 e. The summed E-state index contributed by atoms with van der Waals surface area (Å²) in [5.41, 5.74) is 0. The zero-order valence-electron chi connectivity index (χ0n) is 19.5. The van der Waals surface area contributed by atoms with Crippen LogP contribution in [0.4, 0.5) is 0 Å². The molecule has 0 spiro atoms. The molecule has 3 rings (SSSR count). The predicted molar refractivity (Wildman–Crippen MR) is 111 cm³/mol. The molecule has 0 aromatic carbocycles. The molecule has 0 saturated carbocycles. The Morgan fingerprint density at radius 2 is 1.28 bits per heavy atom. The minimum atomic E-state index is -1.85. The van der Waals surface area contributed by atoms with Crippen LogP contribution in [-0.2, 0) is 28.5 Å². The van der Waals surface area contributed by atoms with Gasteiger partial charge in [0.05, 0.1) is 19.3 Å². The van der Waals surface area contributed by atoms with Crippen LogP contribution in [0.1, 0.15) is 13.8 Å². The number of hydrogen-bond donors (Lipinski definition) is 10. The van der Waals surface area contributed by atoms with Crippen molar-refractivity contribution in [3.05, 3.63) is 0 Å². The van der Waals surface area contributed by atoms with E-state index in [1.54, 1.807) is 0 Å². The zero-order chi connectivity index (χ0) is 26.9. The summed E-state index contributed by atoms with van der Waals surface area (Å²) in [7, 11) is 0. The molecule has 16 heteroatoms. The number of ether oxygens (including phenoxy) is 5. The molecular formula is C20H35NO15. The molecule has 3 aliphatic heterocycles. The fourth-order valence-corrected chi connectivity index (χ4v) is 4.40. The second-order valence-electron chi connectivity index (χ2n) is 9.05. The van der Waals surface area contributed by atoms with Crippen molar-refractivity contribution in [2.45, 2.75) is 106 Å². The largest absolute Gasteiger partial charge is 0.394 e. The molecule has 16 nitrogen and oxygen atoms in total. The van der Waals surface area contributed by atoms with Crippen LogP contribution in [0.3, 0.4) is 0 Å². The molecule has 0 aromatic heterocycles. The highest BCUT2D eigenvalue weighted by molar-refractivity contribution is 5.73. The van der Waals surface area contributed by atoms with Crippen LogP contribution in [0.2, 0.25) is 0 Å². The molecule has 10 N–H and O–H groups in total. The first-order valence-electron chi connectivity index (χ1n) is 11.4. The number of carbonyl (C=O) groups excluding carboxylic acids is 1. The molecule has 3 saturated heterocycles. The minimum absolute atomic E-state index is 0.657. The molecule has 36 heavy (non-hydrogen) atoms. The molecule has 15 atom stereocenters. The van der Waals surface area contributed by atoms with Gasteiger partial charge in [-0.05, 0) is 6.92 Å². The third kappa shape index (κ3) is 5.97. The Kier molecular flexibility index (Phi) is 9.97. The van der Waals surface area contributed by atoms with E-state index in [4.69, 9.17) is 23.7 Å². The van der Waals surface area contributed by atoms with Gasteiger partial charge in [0.15, 0.2) is 18.9 Å². The standard InChI is InChI=1S/C20H35NO15/c1-5-10(25)17(15(30)18(31)32-5)36-19-9(21-6(2)24)16(12(27)8(4-23)33-19)35-20-14(29)13(28)11(26)7(3-22)34-20/h5,7-20,22-23,25-31H,3-4H2,1-2H3,(H,21,24)/t5-,7+,8+,9+,10-,11-,12+,13-,14+,15+,16+,17+,18+,19+,20+/m0/s1. The summed E-state index contributed by atoms with van der Waals surface area (Å²) in [4.78, 5) is 12.0. The van der Waals surface area contributed by atoms with E-state index in [2.05, 4.69) is 5.32 Å². The van der Waals surface area contributed by atoms with Gasteiger partial charge in [-0.3, -0.25) is 4.79 Å². The van der Waals surface area contributed by atoms with Gasteiger partial charge in [-0.15, -0.1) is 0 Å². The molecule has 3 aliphatic rings. The monoisotopic (exact) mass is 529 g/mol. The van der Waals surface area contributed by atoms with Crippen molar-refractivity contribution in [2.24, 2.45) is 0 Å². The third-order valence-corrected chi connectivity index (χ3v) is 6.45. The van der Waals surface area contributed by atoms with Gasteiger partial charge in [0.1, 0.15) is 67.1 Å². The number of carbonyl (C=O) groups is 1. The number of rotatable bonds is 7. The first kappa shape index (κ1) is 29.5. The summed E-state index contributed by atoms with van der Waals surface area (Å²) >= 11 is 0. The van der Waals surface area contributed by atoms with E-state index in [0.717, 1.165) is 6.92 Å². The van der Waals surface area contributed by atoms with E-state index in [9.17, 15) is 50.8 Å². The van der Waals surface area contributed by atoms with Crippen LogP contribution >= 0.6 is 0 Å². The lowest BCUT2D eigenvalue weighted by Crippen LogP contribution is -2.69. The van der Waals surface area contributed by atoms with Crippen LogP contribution in [-0.4, -0.2) is 157 Å². The first-order chi connectivity index (χ1) is 16.9. The van der Waals surface area contributed by atoms with Gasteiger partial charge in [0.25, 0.3) is 0 Å². The number of aliphatic hydroxyl groups excluding tert-OH is 9. The lowest BCUT2D eigenvalue weighted by molar-refractivity contribution is -0.362. The van der Waals surface area contributed by atoms with Crippen LogP contribution < -0.4 is 5.32 Å². The normalized spacial score (nSPS) is 50.0. The Morgan fingerprint density at radius 3 is 1.86 bits per heavy atom. The number of aliphatic hydroxyl groups is 9. The fourth-order valence-electron chi connectivity index (χ4n) is 4.40. The van der Waals surface area contributed by atoms with Crippen LogP contribution in [0.25, 0.3) is 0 Å². The molecule has 0 radical (unpaired) electrons. The Bertz CT molecular complexity index is 715. The molecule has 3 heterocycles. The highest BCUT2D eigenvalue weighted by Crippen LogP contribution is 2.32. The van der Waals surface area contributed by atoms with Crippen molar-refractivity contribution in [3.63, 3.8) is 0 Å². The summed E-state index contributed by atoms with van der Waals surface area (Å²) in [6.45, 7) is 1.01. The molecule has 0 bridgehead atoms. The number of hydrogen-bond acceptors (Lipinski definition) is 15. The van der Waals surface area contributed by atoms with E-state index in [-0.39, 0.29) is 0 Å². The van der Waals surface area contributed by atoms with Gasteiger partial charge >= 0.3 is 0 Å². The maximum absolute atomic E-state index is 12.0. The zero-order valence-corrected chi connectivity index (χ0v) is 19.5. The molecular weight excluding hydrogens is 494 g/mol. The maximum atomic E-state index is 12.0. The van der Waals surface area contributed by atoms with E-state index in [1.807, 2.05) is 0 Å². The van der Waals surface area contributed by atoms with Crippen LogP contribution in [0, 0.1) is 0 Å². The van der Waals surface area contributed by atoms with Crippen LogP contribution in [0.5, 0.6) is 0 Å². The molecule has 0 aliphatic carbocycles. The van der Waals surface area contributed by atoms with Gasteiger partial charge in [-0.25, -0.2) is 0 Å². The lowest BCUT2D eigenvalue weighted by atomic mass is 9.94. The average Bonchev–Trinajstić information content (AvgIpc) is 2.83. The van der Waals surface area contributed by atoms with Crippen molar-refractivity contribution < 1.29 is 74.4 Å². The Labute approximate surface area is 205 Å². The fraction of sp³-hybridized carbons (Fsp3) is 0.950. The Balaban J connectivity index is 1.89. The topological polar surface area (TPSA) is 257 Å². The SMILES string of the molecule is CC(=O)N[C@H]1[C@@H](O[C@@H]2[C@@H](O)[C@H](C)O[C@@H](O)[C@@H]2O)O[C@H](CO)[C@@H](O)[C@@H]1O[C@H]1O[C@H](CO)[C@H](O)[C@H](O)[C@H]1O. The summed E-state index contributed by atoms with van der Waals surface area (Å²) < 4.78 is 27.3. The minimum Gasteiger partial charge on any atom is -0.394 e. The number of amides is 1. The summed E-state index contributed by atoms with van der Waals surface area (Å²) in [6, 6.07) is -1.41. The second kappa shape index (κ2) is 12.2. The van der Waals surface area contributed by atoms with Crippen molar-refractivity contribution in [1.29, 1.82) is 0 Å². The average molecular weight is 529 g/mol. The quantitative estimate of drug-likeness (QED) is 0.147. The van der Waals surface area contributed by atoms with Gasteiger partial charge < -0.3 is 75.0 Å². The van der Waals surface area contributed by atoms with E-state index in [0.29, 0.717) is 0 Å². The molecule has 0 aromatic rings. The van der Waals surface area contributed by atoms with E-state index < -0.39 is 111 Å². The predicted octanol–water partition coefficient (Wildman–Crippen LogP) is -6.40. The van der Waals surface area contributed by atoms with Crippen molar-refractivity contribution >= 4 is 5.91 Å². The van der Waals surface area contributed by atoms with Crippen molar-refractivity contribution in [1.82, 2.24) is 5.32 Å². The van der Waals surface area contributed by atoms with Crippen molar-refractivity contribution in [2.75, 3.05) is 13.2 Å². The van der Waals surface area contributed by atoms with Gasteiger partial charge in [-0.1, -0.05) is 0 Å². The highest BCUT2D eigenvalue weighted by Gasteiger charge is 2.53. The highest BCUT2D eigenvalue weighted by atomic mass is 16.7. The molecule has 210 valence electrons. The van der Waals surface area contributed by atoms with Gasteiger partial charge in [-0.2, -0.15) is 0 Å². The summed E-state index contributed by atoms with van der Waals surface area (Å²) in [5.74, 6) is -0.657. The molecule has 3 fully saturated rings. The summed E-state index contributed by atoms with van der Waals surface area (Å²) in [6.07, 6.45) is -22.0. The van der Waals surface area contributed by atoms with E-state index in [1.165, 1.54) is 6.92 Å². The molecule has 1 amide bonds.